The van der Waals surface area contributed by atoms with Gasteiger partial charge in [0.25, 0.3) is 11.8 Å². The van der Waals surface area contributed by atoms with Crippen LogP contribution < -0.4 is 10.6 Å². The molecule has 0 aliphatic carbocycles. The molecule has 142 valence electrons. The Kier molecular flexibility index (Phi) is 5.55. The number of amides is 2. The van der Waals surface area contributed by atoms with Gasteiger partial charge in [-0.05, 0) is 36.8 Å². The first kappa shape index (κ1) is 19.0. The summed E-state index contributed by atoms with van der Waals surface area (Å²) in [5.41, 5.74) is 1.06. The number of benzene rings is 2. The lowest BCUT2D eigenvalue weighted by Gasteiger charge is -2.11. The Labute approximate surface area is 156 Å². The minimum absolute atomic E-state index is 0.0464. The Hall–Kier alpha value is -2.74. The molecule has 0 bridgehead atoms. The van der Waals surface area contributed by atoms with Crippen LogP contribution in [0.2, 0.25) is 0 Å². The van der Waals surface area contributed by atoms with E-state index in [2.05, 4.69) is 10.6 Å². The highest BCUT2D eigenvalue weighted by Gasteiger charge is 2.29. The molecule has 0 radical (unpaired) electrons. The Morgan fingerprint density at radius 3 is 2.22 bits per heavy atom. The number of sulfone groups is 1. The zero-order valence-electron chi connectivity index (χ0n) is 14.4. The Morgan fingerprint density at radius 1 is 1.00 bits per heavy atom. The third-order valence-corrected chi connectivity index (χ3v) is 6.14. The number of nitrogens with one attached hydrogen (secondary N) is 2. The molecule has 0 spiro atoms. The molecule has 0 saturated carbocycles. The average Bonchev–Trinajstić information content (AvgIpc) is 2.99. The number of hydrogen-bond donors (Lipinski definition) is 2. The van der Waals surface area contributed by atoms with E-state index in [4.69, 9.17) is 0 Å². The summed E-state index contributed by atoms with van der Waals surface area (Å²) in [7, 11) is -3.07. The first-order valence-corrected chi connectivity index (χ1v) is 10.3. The van der Waals surface area contributed by atoms with E-state index in [0.717, 1.165) is 0 Å². The van der Waals surface area contributed by atoms with Crippen LogP contribution in [0.1, 0.15) is 32.7 Å². The molecule has 2 N–H and O–H groups in total. The van der Waals surface area contributed by atoms with Gasteiger partial charge in [-0.15, -0.1) is 0 Å². The first-order chi connectivity index (χ1) is 12.8. The molecule has 1 heterocycles. The molecule has 2 aromatic rings. The van der Waals surface area contributed by atoms with Crippen molar-refractivity contribution >= 4 is 21.7 Å². The van der Waals surface area contributed by atoms with Crippen LogP contribution in [-0.4, -0.2) is 37.8 Å². The molecule has 1 unspecified atom stereocenters. The number of hydrogen-bond acceptors (Lipinski definition) is 4. The summed E-state index contributed by atoms with van der Waals surface area (Å²) in [5.74, 6) is -1.12. The fourth-order valence-corrected chi connectivity index (χ4v) is 4.54. The molecule has 1 fully saturated rings. The van der Waals surface area contributed by atoms with Crippen molar-refractivity contribution in [1.29, 1.82) is 0 Å². The smallest absolute Gasteiger partial charge is 0.251 e. The number of carbonyl (C=O) groups is 2. The molecule has 2 aromatic carbocycles. The van der Waals surface area contributed by atoms with Gasteiger partial charge in [0.1, 0.15) is 5.82 Å². The fraction of sp³-hybridized carbons (Fsp3) is 0.263. The molecule has 1 atom stereocenters. The van der Waals surface area contributed by atoms with Gasteiger partial charge < -0.3 is 10.6 Å². The van der Waals surface area contributed by atoms with Crippen LogP contribution in [-0.2, 0) is 16.4 Å². The van der Waals surface area contributed by atoms with Crippen molar-refractivity contribution in [2.24, 2.45) is 0 Å². The Balaban J connectivity index is 1.57. The van der Waals surface area contributed by atoms with Crippen LogP contribution in [0.4, 0.5) is 4.39 Å². The topological polar surface area (TPSA) is 92.3 Å². The average molecular weight is 390 g/mol. The molecule has 2 amide bonds. The highest BCUT2D eigenvalue weighted by Crippen LogP contribution is 2.13. The van der Waals surface area contributed by atoms with Gasteiger partial charge in [0.05, 0.1) is 11.5 Å². The third kappa shape index (κ3) is 4.91. The van der Waals surface area contributed by atoms with Gasteiger partial charge in [0.15, 0.2) is 9.84 Å². The fourth-order valence-electron chi connectivity index (χ4n) is 2.87. The summed E-state index contributed by atoms with van der Waals surface area (Å²) in [6.07, 6.45) is 0.407. The van der Waals surface area contributed by atoms with Crippen molar-refractivity contribution in [2.75, 3.05) is 11.5 Å². The quantitative estimate of drug-likeness (QED) is 0.812. The number of carbonyl (C=O) groups excluding carboxylic acids is 2. The van der Waals surface area contributed by atoms with Gasteiger partial charge in [-0.25, -0.2) is 12.8 Å². The maximum absolute atomic E-state index is 13.6. The van der Waals surface area contributed by atoms with E-state index in [1.165, 1.54) is 30.3 Å². The lowest BCUT2D eigenvalue weighted by molar-refractivity contribution is 0.0933. The molecule has 1 aliphatic heterocycles. The molecular formula is C19H19FN2O4S. The SMILES string of the molecule is O=C(NCc1ccccc1F)c1ccc(C(=O)NC2CCS(=O)(=O)C2)cc1. The summed E-state index contributed by atoms with van der Waals surface area (Å²) < 4.78 is 36.5. The van der Waals surface area contributed by atoms with Gasteiger partial charge in [0.2, 0.25) is 0 Å². The van der Waals surface area contributed by atoms with Crippen LogP contribution in [0.15, 0.2) is 48.5 Å². The van der Waals surface area contributed by atoms with E-state index in [0.29, 0.717) is 23.1 Å². The van der Waals surface area contributed by atoms with Crippen LogP contribution in [0.25, 0.3) is 0 Å². The second-order valence-corrected chi connectivity index (χ2v) is 8.65. The van der Waals surface area contributed by atoms with E-state index < -0.39 is 15.7 Å². The van der Waals surface area contributed by atoms with Crippen molar-refractivity contribution < 1.29 is 22.4 Å². The lowest BCUT2D eigenvalue weighted by Crippen LogP contribution is -2.35. The van der Waals surface area contributed by atoms with Crippen LogP contribution in [0, 0.1) is 5.82 Å². The second-order valence-electron chi connectivity index (χ2n) is 6.42. The molecule has 1 saturated heterocycles. The maximum Gasteiger partial charge on any atom is 0.251 e. The zero-order chi connectivity index (χ0) is 19.4. The standard InChI is InChI=1S/C19H19FN2O4S/c20-17-4-2-1-3-15(17)11-21-18(23)13-5-7-14(8-6-13)19(24)22-16-9-10-27(25,26)12-16/h1-8,16H,9-12H2,(H,21,23)(H,22,24). The predicted octanol–water partition coefficient (Wildman–Crippen LogP) is 1.67. The molecule has 3 rings (SSSR count). The van der Waals surface area contributed by atoms with E-state index >= 15 is 0 Å². The molecular weight excluding hydrogens is 371 g/mol. The molecule has 27 heavy (non-hydrogen) atoms. The lowest BCUT2D eigenvalue weighted by atomic mass is 10.1. The maximum atomic E-state index is 13.6. The van der Waals surface area contributed by atoms with E-state index in [9.17, 15) is 22.4 Å². The normalized spacial score (nSPS) is 18.0. The minimum atomic E-state index is -3.07. The van der Waals surface area contributed by atoms with Crippen LogP contribution >= 0.6 is 0 Å². The summed E-state index contributed by atoms with van der Waals surface area (Å²) >= 11 is 0. The number of rotatable bonds is 5. The predicted molar refractivity (Wildman–Crippen MR) is 98.5 cm³/mol. The van der Waals surface area contributed by atoms with Crippen molar-refractivity contribution in [2.45, 2.75) is 19.0 Å². The second kappa shape index (κ2) is 7.87. The van der Waals surface area contributed by atoms with Gasteiger partial charge >= 0.3 is 0 Å². The minimum Gasteiger partial charge on any atom is -0.348 e. The van der Waals surface area contributed by atoms with E-state index in [1.807, 2.05) is 0 Å². The van der Waals surface area contributed by atoms with Crippen LogP contribution in [0.5, 0.6) is 0 Å². The van der Waals surface area contributed by atoms with Crippen molar-refractivity contribution in [3.05, 3.63) is 71.0 Å². The van der Waals surface area contributed by atoms with Gasteiger partial charge in [0, 0.05) is 29.3 Å². The molecule has 0 aromatic heterocycles. The van der Waals surface area contributed by atoms with Crippen molar-refractivity contribution in [3.63, 3.8) is 0 Å². The molecule has 6 nitrogen and oxygen atoms in total. The Bertz CT molecular complexity index is 958. The first-order valence-electron chi connectivity index (χ1n) is 8.47. The summed E-state index contributed by atoms with van der Waals surface area (Å²) in [5, 5.41) is 5.32. The van der Waals surface area contributed by atoms with Gasteiger partial charge in [-0.1, -0.05) is 18.2 Å². The summed E-state index contributed by atoms with van der Waals surface area (Å²) in [6.45, 7) is 0.0594. The largest absolute Gasteiger partial charge is 0.348 e. The third-order valence-electron chi connectivity index (χ3n) is 4.37. The van der Waals surface area contributed by atoms with E-state index in [-0.39, 0.29) is 35.9 Å². The molecule has 8 heteroatoms. The summed E-state index contributed by atoms with van der Waals surface area (Å²) in [6, 6.07) is 11.8. The molecule has 1 aliphatic rings. The van der Waals surface area contributed by atoms with Gasteiger partial charge in [-0.3, -0.25) is 9.59 Å². The van der Waals surface area contributed by atoms with E-state index in [1.54, 1.807) is 18.2 Å². The van der Waals surface area contributed by atoms with Crippen molar-refractivity contribution in [1.82, 2.24) is 10.6 Å². The van der Waals surface area contributed by atoms with Crippen LogP contribution in [0.3, 0.4) is 0 Å². The van der Waals surface area contributed by atoms with Crippen molar-refractivity contribution in [3.8, 4) is 0 Å². The summed E-state index contributed by atoms with van der Waals surface area (Å²) in [4.78, 5) is 24.4. The van der Waals surface area contributed by atoms with Gasteiger partial charge in [-0.2, -0.15) is 0 Å². The highest BCUT2D eigenvalue weighted by molar-refractivity contribution is 7.91. The highest BCUT2D eigenvalue weighted by atomic mass is 32.2. The number of halogens is 1. The monoisotopic (exact) mass is 390 g/mol. The zero-order valence-corrected chi connectivity index (χ0v) is 15.3. The Morgan fingerprint density at radius 2 is 1.63 bits per heavy atom.